The van der Waals surface area contributed by atoms with Crippen LogP contribution in [0.1, 0.15) is 0 Å². The molecule has 0 aliphatic carbocycles. The van der Waals surface area contributed by atoms with E-state index in [-0.39, 0.29) is 0 Å². The van der Waals surface area contributed by atoms with Crippen molar-refractivity contribution < 1.29 is 0 Å². The molecule has 2 aromatic heterocycles. The highest BCUT2D eigenvalue weighted by Crippen LogP contribution is 2.49. The van der Waals surface area contributed by atoms with Gasteiger partial charge in [0.1, 0.15) is 0 Å². The lowest BCUT2D eigenvalue weighted by molar-refractivity contribution is 1.31. The van der Waals surface area contributed by atoms with Crippen molar-refractivity contribution >= 4 is 90.9 Å². The molecule has 2 heterocycles. The minimum Gasteiger partial charge on any atom is -0.309 e. The molecule has 0 unspecified atom stereocenters. The largest absolute Gasteiger partial charge is 0.309 e. The van der Waals surface area contributed by atoms with Crippen molar-refractivity contribution in [1.82, 2.24) is 0 Å². The molecule has 1 nitrogen and oxygen atoms in total. The average Bonchev–Trinajstić information content (AvgIpc) is 3.74. The fourth-order valence-corrected chi connectivity index (χ4v) is 9.63. The van der Waals surface area contributed by atoms with Crippen molar-refractivity contribution in [2.75, 3.05) is 4.90 Å². The molecule has 0 saturated heterocycles. The molecule has 3 heteroatoms. The lowest BCUT2D eigenvalue weighted by Gasteiger charge is -2.27. The van der Waals surface area contributed by atoms with E-state index in [2.05, 4.69) is 181 Å². The van der Waals surface area contributed by atoms with Gasteiger partial charge < -0.3 is 4.90 Å². The van der Waals surface area contributed by atoms with Crippen molar-refractivity contribution in [3.05, 3.63) is 176 Å². The summed E-state index contributed by atoms with van der Waals surface area (Å²) in [7, 11) is 0. The predicted molar refractivity (Wildman–Crippen MR) is 215 cm³/mol. The molecule has 0 radical (unpaired) electrons. The fraction of sp³-hybridized carbons (Fsp3) is 0. The van der Waals surface area contributed by atoms with Crippen LogP contribution >= 0.6 is 22.7 Å². The second-order valence-corrected chi connectivity index (χ2v) is 14.7. The zero-order valence-corrected chi connectivity index (χ0v) is 28.1. The van der Waals surface area contributed by atoms with Gasteiger partial charge in [0, 0.05) is 47.0 Å². The highest BCUT2D eigenvalue weighted by molar-refractivity contribution is 7.26. The SMILES string of the molecule is c1ccc(-c2ccc3cc(N(c4ccc5sc6ccccc6c5c4)c4ccc(-c5ccccc5)c5c4sc4ccccc45)ccc3c2)cc1. The Morgan fingerprint density at radius 2 is 0.980 bits per heavy atom. The molecule has 230 valence electrons. The standard InChI is InChI=1S/C46H29NS2/c1-3-11-30(12-4-1)32-19-20-34-28-35(22-21-33(34)27-32)47(36-23-26-44-40(29-36)38-15-7-9-17-42(38)48-44)41-25-24-37(31-13-5-2-6-14-31)45-39-16-8-10-18-43(39)49-46(41)45/h1-29H. The van der Waals surface area contributed by atoms with Crippen LogP contribution in [0.5, 0.6) is 0 Å². The van der Waals surface area contributed by atoms with Gasteiger partial charge in [-0.05, 0) is 87.6 Å². The summed E-state index contributed by atoms with van der Waals surface area (Å²) in [4.78, 5) is 2.48. The lowest BCUT2D eigenvalue weighted by Crippen LogP contribution is -2.10. The molecule has 0 fully saturated rings. The second-order valence-electron chi connectivity index (χ2n) is 12.5. The molecule has 10 aromatic rings. The molecule has 0 aliphatic heterocycles. The van der Waals surface area contributed by atoms with E-state index in [4.69, 9.17) is 0 Å². The predicted octanol–water partition coefficient (Wildman–Crippen LogP) is 14.4. The van der Waals surface area contributed by atoms with E-state index < -0.39 is 0 Å². The Hall–Kier alpha value is -5.74. The summed E-state index contributed by atoms with van der Waals surface area (Å²) in [6, 6.07) is 64.4. The van der Waals surface area contributed by atoms with E-state index in [1.165, 1.54) is 79.1 Å². The van der Waals surface area contributed by atoms with Crippen molar-refractivity contribution in [1.29, 1.82) is 0 Å². The van der Waals surface area contributed by atoms with Gasteiger partial charge in [-0.25, -0.2) is 0 Å². The van der Waals surface area contributed by atoms with E-state index in [9.17, 15) is 0 Å². The van der Waals surface area contributed by atoms with E-state index in [1.807, 2.05) is 22.7 Å². The zero-order valence-electron chi connectivity index (χ0n) is 26.5. The highest BCUT2D eigenvalue weighted by Gasteiger charge is 2.22. The first kappa shape index (κ1) is 28.3. The van der Waals surface area contributed by atoms with Crippen LogP contribution in [0.4, 0.5) is 17.1 Å². The molecule has 0 saturated carbocycles. The Balaban J connectivity index is 1.23. The van der Waals surface area contributed by atoms with Gasteiger partial charge in [-0.15, -0.1) is 22.7 Å². The topological polar surface area (TPSA) is 3.24 Å². The van der Waals surface area contributed by atoms with Crippen LogP contribution in [0.2, 0.25) is 0 Å². The molecule has 49 heavy (non-hydrogen) atoms. The summed E-state index contributed by atoms with van der Waals surface area (Å²) in [5.41, 5.74) is 8.46. The number of thiophene rings is 2. The molecule has 8 aromatic carbocycles. The van der Waals surface area contributed by atoms with Crippen LogP contribution in [0.25, 0.3) is 73.4 Å². The minimum absolute atomic E-state index is 1.14. The number of rotatable bonds is 5. The van der Waals surface area contributed by atoms with Gasteiger partial charge in [-0.2, -0.15) is 0 Å². The van der Waals surface area contributed by atoms with Crippen LogP contribution < -0.4 is 4.90 Å². The quantitative estimate of drug-likeness (QED) is 0.178. The van der Waals surface area contributed by atoms with Crippen LogP contribution in [0.3, 0.4) is 0 Å². The smallest absolute Gasteiger partial charge is 0.0640 e. The van der Waals surface area contributed by atoms with Gasteiger partial charge in [0.05, 0.1) is 10.4 Å². The van der Waals surface area contributed by atoms with Crippen LogP contribution in [-0.4, -0.2) is 0 Å². The maximum Gasteiger partial charge on any atom is 0.0640 e. The van der Waals surface area contributed by atoms with Crippen LogP contribution in [0.15, 0.2) is 176 Å². The molecular formula is C46H29NS2. The third-order valence-electron chi connectivity index (χ3n) is 9.64. The first-order valence-electron chi connectivity index (χ1n) is 16.6. The summed E-state index contributed by atoms with van der Waals surface area (Å²) < 4.78 is 5.22. The highest BCUT2D eigenvalue weighted by atomic mass is 32.1. The van der Waals surface area contributed by atoms with Gasteiger partial charge in [-0.3, -0.25) is 0 Å². The zero-order chi connectivity index (χ0) is 32.3. The van der Waals surface area contributed by atoms with Crippen molar-refractivity contribution in [2.24, 2.45) is 0 Å². The van der Waals surface area contributed by atoms with Gasteiger partial charge in [-0.1, -0.05) is 121 Å². The van der Waals surface area contributed by atoms with Gasteiger partial charge in [0.25, 0.3) is 0 Å². The summed E-state index contributed by atoms with van der Waals surface area (Å²) in [5, 5.41) is 7.67. The molecule has 0 bridgehead atoms. The first-order chi connectivity index (χ1) is 24.3. The average molecular weight is 660 g/mol. The molecule has 10 rings (SSSR count). The second kappa shape index (κ2) is 11.5. The van der Waals surface area contributed by atoms with E-state index >= 15 is 0 Å². The summed E-state index contributed by atoms with van der Waals surface area (Å²) >= 11 is 3.75. The summed E-state index contributed by atoms with van der Waals surface area (Å²) in [6.45, 7) is 0. The third kappa shape index (κ3) is 4.74. The Morgan fingerprint density at radius 3 is 1.80 bits per heavy atom. The number of hydrogen-bond acceptors (Lipinski definition) is 3. The van der Waals surface area contributed by atoms with E-state index in [0.29, 0.717) is 0 Å². The summed E-state index contributed by atoms with van der Waals surface area (Å²) in [5.74, 6) is 0. The van der Waals surface area contributed by atoms with E-state index in [0.717, 1.165) is 11.4 Å². The van der Waals surface area contributed by atoms with Crippen molar-refractivity contribution in [2.45, 2.75) is 0 Å². The molecule has 0 atom stereocenters. The van der Waals surface area contributed by atoms with Crippen molar-refractivity contribution in [3.63, 3.8) is 0 Å². The number of nitrogens with zero attached hydrogens (tertiary/aromatic N) is 1. The van der Waals surface area contributed by atoms with Gasteiger partial charge in [0.15, 0.2) is 0 Å². The third-order valence-corrected chi connectivity index (χ3v) is 12.0. The van der Waals surface area contributed by atoms with Gasteiger partial charge in [0.2, 0.25) is 0 Å². The number of benzene rings is 8. The lowest BCUT2D eigenvalue weighted by atomic mass is 9.98. The summed E-state index contributed by atoms with van der Waals surface area (Å²) in [6.07, 6.45) is 0. The Kier molecular flexibility index (Phi) is 6.61. The van der Waals surface area contributed by atoms with E-state index in [1.54, 1.807) is 0 Å². The molecule has 0 spiro atoms. The Morgan fingerprint density at radius 1 is 0.367 bits per heavy atom. The fourth-order valence-electron chi connectivity index (χ4n) is 7.31. The molecule has 0 aliphatic rings. The van der Waals surface area contributed by atoms with Crippen LogP contribution in [0, 0.1) is 0 Å². The Labute approximate surface area is 292 Å². The maximum atomic E-state index is 2.48. The Bertz CT molecular complexity index is 2830. The normalized spacial score (nSPS) is 11.7. The van der Waals surface area contributed by atoms with Crippen LogP contribution in [-0.2, 0) is 0 Å². The molecule has 0 amide bonds. The maximum absolute atomic E-state index is 2.48. The first-order valence-corrected chi connectivity index (χ1v) is 18.2. The minimum atomic E-state index is 1.14. The van der Waals surface area contributed by atoms with Gasteiger partial charge >= 0.3 is 0 Å². The molecular weight excluding hydrogens is 631 g/mol. The number of anilines is 3. The number of hydrogen-bond donors (Lipinski definition) is 0. The van der Waals surface area contributed by atoms with Crippen molar-refractivity contribution in [3.8, 4) is 22.3 Å². The monoisotopic (exact) mass is 659 g/mol. The molecule has 0 N–H and O–H groups in total. The number of fused-ring (bicyclic) bond motifs is 7.